The number of rotatable bonds is 4. The van der Waals surface area contributed by atoms with Crippen molar-refractivity contribution in [2.24, 2.45) is 0 Å². The van der Waals surface area contributed by atoms with Gasteiger partial charge in [0.15, 0.2) is 5.69 Å². The van der Waals surface area contributed by atoms with Crippen LogP contribution in [-0.4, -0.2) is 26.9 Å². The number of carbonyl (C=O) groups excluding carboxylic acids is 1. The molecule has 5 nitrogen and oxygen atoms in total. The van der Waals surface area contributed by atoms with Crippen LogP contribution >= 0.6 is 0 Å². The number of aromatic nitrogens is 1. The molecule has 0 unspecified atom stereocenters. The van der Waals surface area contributed by atoms with E-state index in [4.69, 9.17) is 4.42 Å². The average Bonchev–Trinajstić information content (AvgIpc) is 3.13. The number of aromatic hydroxyl groups is 1. The van der Waals surface area contributed by atoms with E-state index in [0.29, 0.717) is 6.54 Å². The molecule has 2 heterocycles. The maximum Gasteiger partial charge on any atom is 0.276 e. The average molecular weight is 258 g/mol. The van der Waals surface area contributed by atoms with E-state index in [-0.39, 0.29) is 23.4 Å². The lowest BCUT2D eigenvalue weighted by molar-refractivity contribution is 0.0708. The minimum absolute atomic E-state index is 0.0856. The molecular formula is C14H14N2O3. The third kappa shape index (κ3) is 2.45. The zero-order valence-corrected chi connectivity index (χ0v) is 10.3. The van der Waals surface area contributed by atoms with Crippen LogP contribution in [0.4, 0.5) is 0 Å². The van der Waals surface area contributed by atoms with Gasteiger partial charge in [-0.2, -0.15) is 0 Å². The number of hydrogen-bond acceptors (Lipinski definition) is 4. The van der Waals surface area contributed by atoms with Gasteiger partial charge in [-0.25, -0.2) is 4.98 Å². The first-order valence-corrected chi connectivity index (χ1v) is 6.23. The SMILES string of the molecule is O=C(c1ncccc1O)N(Cc1ccco1)C1CC1. The van der Waals surface area contributed by atoms with E-state index in [1.165, 1.54) is 12.3 Å². The molecule has 3 rings (SSSR count). The normalized spacial score (nSPS) is 14.3. The minimum Gasteiger partial charge on any atom is -0.505 e. The molecule has 0 bridgehead atoms. The first-order valence-electron chi connectivity index (χ1n) is 6.23. The Kier molecular flexibility index (Phi) is 2.95. The number of pyridine rings is 1. The lowest BCUT2D eigenvalue weighted by Gasteiger charge is -2.21. The molecule has 0 saturated heterocycles. The molecule has 0 radical (unpaired) electrons. The summed E-state index contributed by atoms with van der Waals surface area (Å²) in [6, 6.07) is 6.92. The summed E-state index contributed by atoms with van der Waals surface area (Å²) in [5.41, 5.74) is 0.0981. The van der Waals surface area contributed by atoms with Gasteiger partial charge in [-0.15, -0.1) is 0 Å². The summed E-state index contributed by atoms with van der Waals surface area (Å²) in [4.78, 5) is 18.1. The standard InChI is InChI=1S/C14H14N2O3/c17-12-4-1-7-15-13(12)14(18)16(10-5-6-10)9-11-3-2-8-19-11/h1-4,7-8,10,17H,5-6,9H2. The highest BCUT2D eigenvalue weighted by atomic mass is 16.3. The third-order valence-corrected chi connectivity index (χ3v) is 3.14. The molecular weight excluding hydrogens is 244 g/mol. The zero-order valence-electron chi connectivity index (χ0n) is 10.3. The van der Waals surface area contributed by atoms with Gasteiger partial charge in [-0.3, -0.25) is 4.79 Å². The summed E-state index contributed by atoms with van der Waals surface area (Å²) in [6.07, 6.45) is 5.06. The number of amides is 1. The van der Waals surface area contributed by atoms with E-state index in [1.54, 1.807) is 23.3 Å². The van der Waals surface area contributed by atoms with E-state index in [2.05, 4.69) is 4.98 Å². The second kappa shape index (κ2) is 4.76. The predicted octanol–water partition coefficient (Wildman–Crippen LogP) is 2.18. The first-order chi connectivity index (χ1) is 9.25. The van der Waals surface area contributed by atoms with Crippen LogP contribution in [0.15, 0.2) is 41.1 Å². The molecule has 0 atom stereocenters. The molecule has 2 aromatic heterocycles. The minimum atomic E-state index is -0.253. The fraction of sp³-hybridized carbons (Fsp3) is 0.286. The monoisotopic (exact) mass is 258 g/mol. The maximum atomic E-state index is 12.4. The molecule has 19 heavy (non-hydrogen) atoms. The molecule has 1 saturated carbocycles. The molecule has 1 N–H and O–H groups in total. The molecule has 0 aromatic carbocycles. The summed E-state index contributed by atoms with van der Waals surface area (Å²) in [6.45, 7) is 0.409. The van der Waals surface area contributed by atoms with Crippen LogP contribution in [0.25, 0.3) is 0 Å². The van der Waals surface area contributed by atoms with E-state index >= 15 is 0 Å². The quantitative estimate of drug-likeness (QED) is 0.912. The largest absolute Gasteiger partial charge is 0.505 e. The van der Waals surface area contributed by atoms with Crippen molar-refractivity contribution in [3.05, 3.63) is 48.2 Å². The number of carbonyl (C=O) groups is 1. The van der Waals surface area contributed by atoms with Crippen molar-refractivity contribution >= 4 is 5.91 Å². The highest BCUT2D eigenvalue weighted by Crippen LogP contribution is 2.30. The van der Waals surface area contributed by atoms with E-state index in [1.807, 2.05) is 6.07 Å². The summed E-state index contributed by atoms with van der Waals surface area (Å²) in [5.74, 6) is 0.394. The molecule has 1 fully saturated rings. The van der Waals surface area contributed by atoms with Crippen LogP contribution < -0.4 is 0 Å². The summed E-state index contributed by atoms with van der Waals surface area (Å²) in [5, 5.41) is 9.72. The third-order valence-electron chi connectivity index (χ3n) is 3.14. The highest BCUT2D eigenvalue weighted by Gasteiger charge is 2.35. The van der Waals surface area contributed by atoms with Crippen molar-refractivity contribution in [1.29, 1.82) is 0 Å². The summed E-state index contributed by atoms with van der Waals surface area (Å²) in [7, 11) is 0. The van der Waals surface area contributed by atoms with E-state index in [0.717, 1.165) is 18.6 Å². The van der Waals surface area contributed by atoms with Crippen LogP contribution in [0.3, 0.4) is 0 Å². The fourth-order valence-electron chi connectivity index (χ4n) is 2.02. The molecule has 98 valence electrons. The zero-order chi connectivity index (χ0) is 13.2. The Balaban J connectivity index is 1.84. The van der Waals surface area contributed by atoms with Crippen molar-refractivity contribution < 1.29 is 14.3 Å². The lowest BCUT2D eigenvalue weighted by atomic mass is 10.2. The van der Waals surface area contributed by atoms with Gasteiger partial charge in [0.05, 0.1) is 12.8 Å². The Morgan fingerprint density at radius 3 is 2.89 bits per heavy atom. The predicted molar refractivity (Wildman–Crippen MR) is 67.5 cm³/mol. The van der Waals surface area contributed by atoms with Gasteiger partial charge in [0.2, 0.25) is 0 Å². The molecule has 1 amide bonds. The van der Waals surface area contributed by atoms with Crippen molar-refractivity contribution in [3.8, 4) is 5.75 Å². The van der Waals surface area contributed by atoms with Crippen LogP contribution in [0.5, 0.6) is 5.75 Å². The van der Waals surface area contributed by atoms with Crippen LogP contribution in [-0.2, 0) is 6.54 Å². The van der Waals surface area contributed by atoms with Crippen LogP contribution in [0, 0.1) is 0 Å². The van der Waals surface area contributed by atoms with Crippen molar-refractivity contribution in [3.63, 3.8) is 0 Å². The van der Waals surface area contributed by atoms with Crippen LogP contribution in [0.1, 0.15) is 29.1 Å². The summed E-state index contributed by atoms with van der Waals surface area (Å²) < 4.78 is 5.28. The highest BCUT2D eigenvalue weighted by molar-refractivity contribution is 5.95. The molecule has 1 aliphatic rings. The molecule has 0 spiro atoms. The Morgan fingerprint density at radius 1 is 1.42 bits per heavy atom. The second-order valence-corrected chi connectivity index (χ2v) is 4.61. The molecule has 2 aromatic rings. The van der Waals surface area contributed by atoms with Gasteiger partial charge in [-0.1, -0.05) is 0 Å². The smallest absolute Gasteiger partial charge is 0.276 e. The first kappa shape index (κ1) is 11.8. The van der Waals surface area contributed by atoms with Crippen LogP contribution in [0.2, 0.25) is 0 Å². The Labute approximate surface area is 110 Å². The number of nitrogens with zero attached hydrogens (tertiary/aromatic N) is 2. The Bertz CT molecular complexity index is 576. The molecule has 5 heteroatoms. The van der Waals surface area contributed by atoms with Gasteiger partial charge in [0.1, 0.15) is 11.5 Å². The van der Waals surface area contributed by atoms with Gasteiger partial charge < -0.3 is 14.4 Å². The van der Waals surface area contributed by atoms with E-state index in [9.17, 15) is 9.90 Å². The van der Waals surface area contributed by atoms with Gasteiger partial charge >= 0.3 is 0 Å². The Morgan fingerprint density at radius 2 is 2.26 bits per heavy atom. The molecule has 1 aliphatic carbocycles. The topological polar surface area (TPSA) is 66.6 Å². The van der Waals surface area contributed by atoms with Crippen molar-refractivity contribution in [2.45, 2.75) is 25.4 Å². The van der Waals surface area contributed by atoms with Crippen molar-refractivity contribution in [1.82, 2.24) is 9.88 Å². The van der Waals surface area contributed by atoms with Gasteiger partial charge in [0, 0.05) is 12.2 Å². The lowest BCUT2D eigenvalue weighted by Crippen LogP contribution is -2.33. The number of furan rings is 1. The summed E-state index contributed by atoms with van der Waals surface area (Å²) >= 11 is 0. The molecule has 0 aliphatic heterocycles. The maximum absolute atomic E-state index is 12.4. The number of hydrogen-bond donors (Lipinski definition) is 1. The Hall–Kier alpha value is -2.30. The van der Waals surface area contributed by atoms with E-state index < -0.39 is 0 Å². The van der Waals surface area contributed by atoms with Gasteiger partial charge in [-0.05, 0) is 37.1 Å². The van der Waals surface area contributed by atoms with Gasteiger partial charge in [0.25, 0.3) is 5.91 Å². The second-order valence-electron chi connectivity index (χ2n) is 4.61. The van der Waals surface area contributed by atoms with Crippen molar-refractivity contribution in [2.75, 3.05) is 0 Å². The fourth-order valence-corrected chi connectivity index (χ4v) is 2.02.